The second-order valence-electron chi connectivity index (χ2n) is 3.23. The molecule has 0 radical (unpaired) electrons. The molecular weight excluding hydrogens is 222 g/mol. The number of hydrogen-bond donors (Lipinski definition) is 3. The monoisotopic (exact) mass is 233 g/mol. The average Bonchev–Trinajstić information content (AvgIpc) is 2.71. The minimum atomic E-state index is -0.403. The number of nitrogens with zero attached hydrogens (tertiary/aromatic N) is 2. The summed E-state index contributed by atoms with van der Waals surface area (Å²) in [7, 11) is 1.49. The molecule has 0 aliphatic rings. The van der Waals surface area contributed by atoms with E-state index in [1.807, 2.05) is 0 Å². The Morgan fingerprint density at radius 3 is 2.94 bits per heavy atom. The van der Waals surface area contributed by atoms with Crippen LogP contribution in [0.4, 0.5) is 10.6 Å². The quantitative estimate of drug-likeness (QED) is 0.697. The molecular formula is C10H11N5O2. The largest absolute Gasteiger partial charge is 0.341 e. The molecule has 2 aromatic rings. The van der Waals surface area contributed by atoms with Gasteiger partial charge >= 0.3 is 11.7 Å². The smallest absolute Gasteiger partial charge is 0.332 e. The van der Waals surface area contributed by atoms with Crippen LogP contribution in [0.2, 0.25) is 0 Å². The van der Waals surface area contributed by atoms with Crippen LogP contribution in [-0.2, 0) is 0 Å². The Morgan fingerprint density at radius 1 is 1.47 bits per heavy atom. The van der Waals surface area contributed by atoms with E-state index in [0.29, 0.717) is 11.6 Å². The maximum atomic E-state index is 11.6. The predicted molar refractivity (Wildman–Crippen MR) is 62.3 cm³/mol. The van der Waals surface area contributed by atoms with E-state index in [4.69, 9.17) is 0 Å². The maximum absolute atomic E-state index is 11.6. The molecule has 88 valence electrons. The molecule has 7 heteroatoms. The van der Waals surface area contributed by atoms with Crippen LogP contribution in [0.1, 0.15) is 0 Å². The topological polar surface area (TPSA) is 91.8 Å². The molecule has 0 aliphatic carbocycles. The number of amides is 2. The molecule has 0 atom stereocenters. The summed E-state index contributed by atoms with van der Waals surface area (Å²) in [5.74, 6) is 0.790. The third-order valence-corrected chi connectivity index (χ3v) is 2.09. The third kappa shape index (κ3) is 2.33. The molecule has 2 rings (SSSR count). The summed E-state index contributed by atoms with van der Waals surface area (Å²) < 4.78 is 1.31. The molecule has 7 nitrogen and oxygen atoms in total. The van der Waals surface area contributed by atoms with Gasteiger partial charge in [-0.05, 0) is 12.1 Å². The summed E-state index contributed by atoms with van der Waals surface area (Å²) in [5, 5.41) is 4.85. The number of urea groups is 1. The number of nitrogens with one attached hydrogen (secondary N) is 3. The molecule has 17 heavy (non-hydrogen) atoms. The maximum Gasteiger partial charge on any atom is 0.332 e. The summed E-state index contributed by atoms with van der Waals surface area (Å²) in [5.41, 5.74) is -0.366. The van der Waals surface area contributed by atoms with Crippen molar-refractivity contribution in [3.63, 3.8) is 0 Å². The van der Waals surface area contributed by atoms with Crippen molar-refractivity contribution in [1.82, 2.24) is 19.9 Å². The van der Waals surface area contributed by atoms with Gasteiger partial charge in [-0.25, -0.2) is 19.1 Å². The molecule has 0 bridgehead atoms. The van der Waals surface area contributed by atoms with E-state index >= 15 is 0 Å². The van der Waals surface area contributed by atoms with Gasteiger partial charge in [0.05, 0.1) is 6.20 Å². The molecule has 0 saturated carbocycles. The molecule has 0 saturated heterocycles. The molecule has 2 aromatic heterocycles. The van der Waals surface area contributed by atoms with Crippen LogP contribution in [0, 0.1) is 0 Å². The lowest BCUT2D eigenvalue weighted by atomic mass is 10.4. The SMILES string of the molecule is CNC(=O)Nc1cn(-c2ccccn2)c(=O)[nH]1. The van der Waals surface area contributed by atoms with E-state index in [-0.39, 0.29) is 5.69 Å². The van der Waals surface area contributed by atoms with Crippen molar-refractivity contribution in [3.8, 4) is 5.82 Å². The highest BCUT2D eigenvalue weighted by molar-refractivity contribution is 5.87. The van der Waals surface area contributed by atoms with Crippen molar-refractivity contribution in [2.75, 3.05) is 12.4 Å². The van der Waals surface area contributed by atoms with Gasteiger partial charge in [-0.15, -0.1) is 0 Å². The number of carbonyl (C=O) groups excluding carboxylic acids is 1. The Balaban J connectivity index is 2.32. The Hall–Kier alpha value is -2.57. The van der Waals surface area contributed by atoms with Gasteiger partial charge in [-0.3, -0.25) is 10.3 Å². The number of pyridine rings is 1. The van der Waals surface area contributed by atoms with Crippen molar-refractivity contribution in [2.24, 2.45) is 0 Å². The molecule has 2 amide bonds. The second kappa shape index (κ2) is 4.52. The van der Waals surface area contributed by atoms with Gasteiger partial charge in [0.15, 0.2) is 0 Å². The van der Waals surface area contributed by atoms with Gasteiger partial charge in [0.25, 0.3) is 0 Å². The first-order valence-corrected chi connectivity index (χ1v) is 4.92. The first-order chi connectivity index (χ1) is 8.20. The van der Waals surface area contributed by atoms with E-state index < -0.39 is 6.03 Å². The fourth-order valence-corrected chi connectivity index (χ4v) is 1.31. The fraction of sp³-hybridized carbons (Fsp3) is 0.100. The minimum absolute atomic E-state index is 0.306. The molecule has 0 spiro atoms. The number of H-pyrrole nitrogens is 1. The van der Waals surface area contributed by atoms with E-state index in [1.54, 1.807) is 24.4 Å². The normalized spacial score (nSPS) is 9.94. The van der Waals surface area contributed by atoms with Crippen LogP contribution >= 0.6 is 0 Å². The minimum Gasteiger partial charge on any atom is -0.341 e. The van der Waals surface area contributed by atoms with E-state index in [2.05, 4.69) is 20.6 Å². The number of aromatic amines is 1. The van der Waals surface area contributed by atoms with Crippen LogP contribution in [0.25, 0.3) is 5.82 Å². The number of anilines is 1. The lowest BCUT2D eigenvalue weighted by Crippen LogP contribution is -2.24. The first kappa shape index (κ1) is 10.9. The Kier molecular flexibility index (Phi) is 2.91. The van der Waals surface area contributed by atoms with Crippen molar-refractivity contribution in [1.29, 1.82) is 0 Å². The van der Waals surface area contributed by atoms with Crippen LogP contribution < -0.4 is 16.3 Å². The van der Waals surface area contributed by atoms with Gasteiger partial charge in [-0.2, -0.15) is 0 Å². The predicted octanol–water partition coefficient (Wildman–Crippen LogP) is 0.312. The summed E-state index contributed by atoms with van der Waals surface area (Å²) in [6.07, 6.45) is 3.06. The summed E-state index contributed by atoms with van der Waals surface area (Å²) in [4.78, 5) is 29.2. The summed E-state index contributed by atoms with van der Waals surface area (Å²) >= 11 is 0. The Morgan fingerprint density at radius 2 is 2.29 bits per heavy atom. The summed E-state index contributed by atoms with van der Waals surface area (Å²) in [6, 6.07) is 4.82. The van der Waals surface area contributed by atoms with E-state index in [0.717, 1.165) is 0 Å². The number of carbonyl (C=O) groups is 1. The van der Waals surface area contributed by atoms with Crippen molar-refractivity contribution in [2.45, 2.75) is 0 Å². The average molecular weight is 233 g/mol. The highest BCUT2D eigenvalue weighted by Gasteiger charge is 2.07. The molecule has 0 aromatic carbocycles. The molecule has 0 aliphatic heterocycles. The van der Waals surface area contributed by atoms with Crippen LogP contribution in [0.3, 0.4) is 0 Å². The number of rotatable bonds is 2. The number of aromatic nitrogens is 3. The zero-order chi connectivity index (χ0) is 12.3. The van der Waals surface area contributed by atoms with Crippen molar-refractivity contribution >= 4 is 11.8 Å². The van der Waals surface area contributed by atoms with E-state index in [1.165, 1.54) is 17.8 Å². The van der Waals surface area contributed by atoms with Crippen molar-refractivity contribution < 1.29 is 4.79 Å². The van der Waals surface area contributed by atoms with E-state index in [9.17, 15) is 9.59 Å². The number of hydrogen-bond acceptors (Lipinski definition) is 3. The standard InChI is InChI=1S/C10H11N5O2/c1-11-9(16)13-7-6-15(10(17)14-7)8-4-2-3-5-12-8/h2-6H,1H3,(H,14,17)(H2,11,13,16). The molecule has 2 heterocycles. The fourth-order valence-electron chi connectivity index (χ4n) is 1.31. The van der Waals surface area contributed by atoms with Gasteiger partial charge in [0, 0.05) is 13.2 Å². The molecule has 0 unspecified atom stereocenters. The van der Waals surface area contributed by atoms with Gasteiger partial charge in [0.1, 0.15) is 11.6 Å². The second-order valence-corrected chi connectivity index (χ2v) is 3.23. The van der Waals surface area contributed by atoms with Crippen LogP contribution in [0.15, 0.2) is 35.4 Å². The molecule has 3 N–H and O–H groups in total. The lowest BCUT2D eigenvalue weighted by molar-refractivity contribution is 0.254. The van der Waals surface area contributed by atoms with Crippen LogP contribution in [-0.4, -0.2) is 27.6 Å². The lowest BCUT2D eigenvalue weighted by Gasteiger charge is -1.99. The van der Waals surface area contributed by atoms with Gasteiger partial charge in [0.2, 0.25) is 0 Å². The highest BCUT2D eigenvalue weighted by Crippen LogP contribution is 2.04. The highest BCUT2D eigenvalue weighted by atomic mass is 16.2. The first-order valence-electron chi connectivity index (χ1n) is 4.92. The summed E-state index contributed by atoms with van der Waals surface area (Å²) in [6.45, 7) is 0. The molecule has 0 fully saturated rings. The van der Waals surface area contributed by atoms with Crippen LogP contribution in [0.5, 0.6) is 0 Å². The zero-order valence-electron chi connectivity index (χ0n) is 9.10. The van der Waals surface area contributed by atoms with Crippen molar-refractivity contribution in [3.05, 3.63) is 41.1 Å². The van der Waals surface area contributed by atoms with Gasteiger partial charge < -0.3 is 5.32 Å². The number of imidazole rings is 1. The third-order valence-electron chi connectivity index (χ3n) is 2.09. The Bertz CT molecular complexity index is 572. The van der Waals surface area contributed by atoms with Gasteiger partial charge in [-0.1, -0.05) is 6.07 Å². The zero-order valence-corrected chi connectivity index (χ0v) is 9.10. The Labute approximate surface area is 96.5 Å².